The normalized spacial score (nSPS) is 13.7. The molecule has 3 nitrogen and oxygen atoms in total. The van der Waals surface area contributed by atoms with Crippen molar-refractivity contribution in [2.24, 2.45) is 10.2 Å². The number of rotatable bonds is 0. The SMILES string of the molecule is Brc1cnc2c(c1)N=NC2. The zero-order chi connectivity index (χ0) is 6.97. The van der Waals surface area contributed by atoms with Gasteiger partial charge in [0.25, 0.3) is 0 Å². The Kier molecular flexibility index (Phi) is 1.27. The Morgan fingerprint density at radius 2 is 2.40 bits per heavy atom. The minimum atomic E-state index is 0.628. The Bertz CT molecular complexity index is 295. The molecule has 4 heteroatoms. The summed E-state index contributed by atoms with van der Waals surface area (Å²) in [7, 11) is 0. The van der Waals surface area contributed by atoms with Gasteiger partial charge >= 0.3 is 0 Å². The molecule has 0 saturated carbocycles. The number of azo groups is 1. The molecule has 0 bridgehead atoms. The van der Waals surface area contributed by atoms with Crippen molar-refractivity contribution in [1.82, 2.24) is 4.98 Å². The molecule has 0 amide bonds. The topological polar surface area (TPSA) is 37.6 Å². The van der Waals surface area contributed by atoms with Crippen molar-refractivity contribution in [2.75, 3.05) is 0 Å². The fourth-order valence-corrected chi connectivity index (χ4v) is 1.16. The molecule has 0 fully saturated rings. The molecule has 50 valence electrons. The Hall–Kier alpha value is -0.770. The number of fused-ring (bicyclic) bond motifs is 1. The van der Waals surface area contributed by atoms with Gasteiger partial charge in [-0.2, -0.15) is 10.2 Å². The summed E-state index contributed by atoms with van der Waals surface area (Å²) in [5, 5.41) is 7.73. The van der Waals surface area contributed by atoms with Gasteiger partial charge in [-0.1, -0.05) is 0 Å². The second kappa shape index (κ2) is 2.12. The number of pyridine rings is 1. The molecule has 0 atom stereocenters. The summed E-state index contributed by atoms with van der Waals surface area (Å²) in [6.45, 7) is 0.628. The molecule has 10 heavy (non-hydrogen) atoms. The van der Waals surface area contributed by atoms with Crippen LogP contribution in [0, 0.1) is 0 Å². The summed E-state index contributed by atoms with van der Waals surface area (Å²) >= 11 is 3.30. The molecule has 0 saturated heterocycles. The van der Waals surface area contributed by atoms with Gasteiger partial charge in [-0.25, -0.2) is 0 Å². The first kappa shape index (κ1) is 5.97. The lowest BCUT2D eigenvalue weighted by Crippen LogP contribution is -1.81. The van der Waals surface area contributed by atoms with Crippen LogP contribution in [0.25, 0.3) is 0 Å². The number of hydrogen-bond donors (Lipinski definition) is 0. The average Bonchev–Trinajstić information content (AvgIpc) is 2.33. The van der Waals surface area contributed by atoms with Crippen LogP contribution in [0.1, 0.15) is 5.69 Å². The molecule has 2 heterocycles. The lowest BCUT2D eigenvalue weighted by Gasteiger charge is -1.92. The highest BCUT2D eigenvalue weighted by atomic mass is 79.9. The summed E-state index contributed by atoms with van der Waals surface area (Å²) in [4.78, 5) is 4.12. The molecular formula is C6H4BrN3. The molecule has 1 aliphatic rings. The monoisotopic (exact) mass is 197 g/mol. The van der Waals surface area contributed by atoms with Crippen LogP contribution < -0.4 is 0 Å². The van der Waals surface area contributed by atoms with Crippen LogP contribution in [-0.4, -0.2) is 4.98 Å². The summed E-state index contributed by atoms with van der Waals surface area (Å²) in [5.74, 6) is 0. The van der Waals surface area contributed by atoms with Crippen LogP contribution >= 0.6 is 15.9 Å². The Morgan fingerprint density at radius 1 is 1.50 bits per heavy atom. The average molecular weight is 198 g/mol. The highest BCUT2D eigenvalue weighted by Gasteiger charge is 2.07. The quantitative estimate of drug-likeness (QED) is 0.630. The van der Waals surface area contributed by atoms with Gasteiger partial charge in [0.15, 0.2) is 0 Å². The van der Waals surface area contributed by atoms with E-state index < -0.39 is 0 Å². The predicted molar refractivity (Wildman–Crippen MR) is 40.2 cm³/mol. The number of hydrogen-bond acceptors (Lipinski definition) is 3. The number of halogens is 1. The van der Waals surface area contributed by atoms with E-state index in [1.54, 1.807) is 6.20 Å². The molecule has 0 aromatic carbocycles. The predicted octanol–water partition coefficient (Wildman–Crippen LogP) is 2.44. The van der Waals surface area contributed by atoms with Crippen LogP contribution in [0.15, 0.2) is 27.0 Å². The van der Waals surface area contributed by atoms with Crippen molar-refractivity contribution in [1.29, 1.82) is 0 Å². The second-order valence-electron chi connectivity index (χ2n) is 2.02. The van der Waals surface area contributed by atoms with Gasteiger partial charge in [0, 0.05) is 10.7 Å². The molecule has 2 rings (SSSR count). The van der Waals surface area contributed by atoms with E-state index in [4.69, 9.17) is 0 Å². The van der Waals surface area contributed by atoms with E-state index in [1.165, 1.54) is 0 Å². The fourth-order valence-electron chi connectivity index (χ4n) is 0.844. The maximum absolute atomic E-state index is 4.12. The zero-order valence-corrected chi connectivity index (χ0v) is 6.67. The lowest BCUT2D eigenvalue weighted by atomic mass is 10.3. The molecule has 1 aromatic rings. The van der Waals surface area contributed by atoms with E-state index in [-0.39, 0.29) is 0 Å². The molecule has 0 spiro atoms. The minimum absolute atomic E-state index is 0.628. The lowest BCUT2D eigenvalue weighted by molar-refractivity contribution is 0.995. The van der Waals surface area contributed by atoms with Crippen LogP contribution in [0.2, 0.25) is 0 Å². The van der Waals surface area contributed by atoms with Crippen molar-refractivity contribution >= 4 is 21.6 Å². The van der Waals surface area contributed by atoms with E-state index >= 15 is 0 Å². The molecular weight excluding hydrogens is 194 g/mol. The Morgan fingerprint density at radius 3 is 3.30 bits per heavy atom. The third-order valence-electron chi connectivity index (χ3n) is 1.31. The maximum Gasteiger partial charge on any atom is 0.110 e. The Balaban J connectivity index is 2.60. The largest absolute Gasteiger partial charge is 0.256 e. The summed E-state index contributed by atoms with van der Waals surface area (Å²) in [6.07, 6.45) is 1.76. The fraction of sp³-hybridized carbons (Fsp3) is 0.167. The van der Waals surface area contributed by atoms with Crippen LogP contribution in [0.4, 0.5) is 5.69 Å². The van der Waals surface area contributed by atoms with Gasteiger partial charge in [-0.3, -0.25) is 4.98 Å². The van der Waals surface area contributed by atoms with Gasteiger partial charge in [-0.15, -0.1) is 0 Å². The van der Waals surface area contributed by atoms with E-state index in [0.29, 0.717) is 6.54 Å². The van der Waals surface area contributed by atoms with E-state index in [2.05, 4.69) is 31.1 Å². The molecule has 1 aliphatic heterocycles. The van der Waals surface area contributed by atoms with E-state index in [9.17, 15) is 0 Å². The molecule has 0 unspecified atom stereocenters. The minimum Gasteiger partial charge on any atom is -0.256 e. The van der Waals surface area contributed by atoms with E-state index in [0.717, 1.165) is 15.9 Å². The van der Waals surface area contributed by atoms with Crippen molar-refractivity contribution < 1.29 is 0 Å². The van der Waals surface area contributed by atoms with Gasteiger partial charge in [0.2, 0.25) is 0 Å². The first-order valence-corrected chi connectivity index (χ1v) is 3.67. The number of nitrogens with zero attached hydrogens (tertiary/aromatic N) is 3. The van der Waals surface area contributed by atoms with Crippen molar-refractivity contribution in [3.05, 3.63) is 22.4 Å². The van der Waals surface area contributed by atoms with Crippen LogP contribution in [0.3, 0.4) is 0 Å². The van der Waals surface area contributed by atoms with Crippen LogP contribution in [-0.2, 0) is 6.54 Å². The van der Waals surface area contributed by atoms with Gasteiger partial charge in [0.1, 0.15) is 12.2 Å². The third kappa shape index (κ3) is 0.844. The molecule has 0 aliphatic carbocycles. The van der Waals surface area contributed by atoms with Gasteiger partial charge in [0.05, 0.1) is 5.69 Å². The highest BCUT2D eigenvalue weighted by molar-refractivity contribution is 9.10. The van der Waals surface area contributed by atoms with Crippen molar-refractivity contribution in [3.8, 4) is 0 Å². The summed E-state index contributed by atoms with van der Waals surface area (Å²) in [6, 6.07) is 1.92. The Labute approximate surface area is 66.3 Å². The van der Waals surface area contributed by atoms with Gasteiger partial charge < -0.3 is 0 Å². The highest BCUT2D eigenvalue weighted by Crippen LogP contribution is 2.26. The van der Waals surface area contributed by atoms with Crippen molar-refractivity contribution in [2.45, 2.75) is 6.54 Å². The summed E-state index contributed by atoms with van der Waals surface area (Å²) in [5.41, 5.74) is 1.84. The van der Waals surface area contributed by atoms with Crippen LogP contribution in [0.5, 0.6) is 0 Å². The maximum atomic E-state index is 4.12. The number of aromatic nitrogens is 1. The first-order chi connectivity index (χ1) is 4.86. The molecule has 0 N–H and O–H groups in total. The van der Waals surface area contributed by atoms with Crippen molar-refractivity contribution in [3.63, 3.8) is 0 Å². The zero-order valence-electron chi connectivity index (χ0n) is 5.08. The standard InChI is InChI=1S/C6H4BrN3/c7-4-1-5-6(8-2-4)3-9-10-5/h1-2H,3H2. The smallest absolute Gasteiger partial charge is 0.110 e. The third-order valence-corrected chi connectivity index (χ3v) is 1.75. The molecule has 0 radical (unpaired) electrons. The summed E-state index contributed by atoms with van der Waals surface area (Å²) < 4.78 is 0.951. The second-order valence-corrected chi connectivity index (χ2v) is 2.93. The van der Waals surface area contributed by atoms with Gasteiger partial charge in [-0.05, 0) is 22.0 Å². The molecule has 1 aromatic heterocycles. The first-order valence-electron chi connectivity index (χ1n) is 2.88. The van der Waals surface area contributed by atoms with E-state index in [1.807, 2.05) is 6.07 Å².